The van der Waals surface area contributed by atoms with E-state index in [4.69, 9.17) is 4.99 Å². The van der Waals surface area contributed by atoms with E-state index in [1.165, 1.54) is 94.1 Å². The zero-order chi connectivity index (χ0) is 46.9. The number of hydrogen-bond donors (Lipinski definition) is 1. The average Bonchev–Trinajstić information content (AvgIpc) is 4.03. The summed E-state index contributed by atoms with van der Waals surface area (Å²) in [5, 5.41) is 3.72. The van der Waals surface area contributed by atoms with Gasteiger partial charge >= 0.3 is 0 Å². The van der Waals surface area contributed by atoms with Gasteiger partial charge in [0.25, 0.3) is 0 Å². The van der Waals surface area contributed by atoms with Crippen LogP contribution in [0.2, 0.25) is 0 Å². The van der Waals surface area contributed by atoms with E-state index in [9.17, 15) is 0 Å². The van der Waals surface area contributed by atoms with Gasteiger partial charge in [-0.2, -0.15) is 0 Å². The fraction of sp³-hybridized carbons (Fsp3) is 0.185. The molecule has 2 atom stereocenters. The van der Waals surface area contributed by atoms with Gasteiger partial charge in [0.15, 0.2) is 0 Å². The molecule has 4 heteroatoms. The molecule has 69 heavy (non-hydrogen) atoms. The highest BCUT2D eigenvalue weighted by molar-refractivity contribution is 7.17. The van der Waals surface area contributed by atoms with Crippen LogP contribution in [-0.4, -0.2) is 18.8 Å². The second-order valence-electron chi connectivity index (χ2n) is 19.5. The zero-order valence-electron chi connectivity index (χ0n) is 40.1. The minimum absolute atomic E-state index is 0.0724. The van der Waals surface area contributed by atoms with Crippen LogP contribution in [-0.2, 0) is 10.8 Å². The number of aryl methyl sites for hydroxylation is 3. The number of fused-ring (bicyclic) bond motifs is 7. The molecule has 3 heterocycles. The molecule has 7 aromatic carbocycles. The summed E-state index contributed by atoms with van der Waals surface area (Å²) in [6, 6.07) is 60.4. The maximum absolute atomic E-state index is 5.02. The second kappa shape index (κ2) is 17.0. The van der Waals surface area contributed by atoms with Crippen LogP contribution in [0.3, 0.4) is 0 Å². The number of nitrogens with zero attached hydrogens (tertiary/aromatic N) is 2. The van der Waals surface area contributed by atoms with Crippen molar-refractivity contribution < 1.29 is 0 Å². The van der Waals surface area contributed by atoms with Crippen molar-refractivity contribution in [1.29, 1.82) is 0 Å². The molecule has 0 bridgehead atoms. The molecule has 12 rings (SSSR count). The van der Waals surface area contributed by atoms with E-state index in [1.807, 2.05) is 17.6 Å². The van der Waals surface area contributed by atoms with Gasteiger partial charge in [-0.05, 0) is 119 Å². The van der Waals surface area contributed by atoms with Crippen LogP contribution in [0.5, 0.6) is 0 Å². The molecule has 0 fully saturated rings. The van der Waals surface area contributed by atoms with Crippen molar-refractivity contribution >= 4 is 52.5 Å². The summed E-state index contributed by atoms with van der Waals surface area (Å²) in [5.74, 6) is 0.364. The fourth-order valence-electron chi connectivity index (χ4n) is 12.1. The highest BCUT2D eigenvalue weighted by Gasteiger charge is 2.43. The largest absolute Gasteiger partial charge is 0.377 e. The average molecular weight is 912 g/mol. The molecule has 1 N–H and O–H groups in total. The molecule has 4 aliphatic rings. The van der Waals surface area contributed by atoms with Crippen molar-refractivity contribution in [3.63, 3.8) is 0 Å². The van der Waals surface area contributed by atoms with Crippen molar-refractivity contribution in [2.24, 2.45) is 4.99 Å². The number of para-hydroxylation sites is 1. The maximum atomic E-state index is 5.02. The quantitative estimate of drug-likeness (QED) is 0.138. The molecule has 0 saturated heterocycles. The number of benzene rings is 7. The van der Waals surface area contributed by atoms with Gasteiger partial charge in [-0.3, -0.25) is 4.99 Å². The lowest BCUT2D eigenvalue weighted by atomic mass is 9.65. The Bertz CT molecular complexity index is 3270. The lowest BCUT2D eigenvalue weighted by molar-refractivity contribution is 0.490. The molecule has 3 nitrogen and oxygen atoms in total. The number of thiophene rings is 1. The Balaban J connectivity index is 0.894. The van der Waals surface area contributed by atoms with E-state index in [0.29, 0.717) is 12.5 Å². The summed E-state index contributed by atoms with van der Waals surface area (Å²) in [5.41, 5.74) is 22.3. The SMILES string of the molecule is CCC1(CC)c2cc(/C=C/c3sc(-c4ccc(C(c5ccc(C)cc5)(c5ccc(C)cc5)c5ccc(C)cc5)cc4)c4c3N=CCN4)ccc2-c2ccc(N3c4ccccc4C4C=CC=CC43)cc21. The van der Waals surface area contributed by atoms with E-state index in [2.05, 4.69) is 239 Å². The van der Waals surface area contributed by atoms with Gasteiger partial charge in [0.2, 0.25) is 0 Å². The Hall–Kier alpha value is -7.27. The predicted octanol–water partition coefficient (Wildman–Crippen LogP) is 16.8. The van der Waals surface area contributed by atoms with Crippen molar-refractivity contribution in [3.05, 3.63) is 248 Å². The van der Waals surface area contributed by atoms with Crippen molar-refractivity contribution in [3.8, 4) is 21.6 Å². The molecular weight excluding hydrogens is 855 g/mol. The van der Waals surface area contributed by atoms with E-state index < -0.39 is 5.41 Å². The number of rotatable bonds is 10. The van der Waals surface area contributed by atoms with Gasteiger partial charge in [-0.15, -0.1) is 11.3 Å². The van der Waals surface area contributed by atoms with Gasteiger partial charge in [0, 0.05) is 28.9 Å². The standard InChI is InChI=1S/C65H57N3S/c1-6-64(7-2)56-40-45(22-35-52(56)53-36-34-51(41-57(53)64)68-58-14-10-8-12-54(58)55-13-9-11-15-59(55)68)23-37-60-61-62(67-39-38-66-61)63(69-60)46-24-32-50(33-25-46)65(47-26-16-42(3)17-27-47,48-28-18-43(4)19-29-48)49-30-20-44(5)21-31-49/h8-38,40-41,54,58,67H,6-7,39H2,1-5H3/b37-23+. The molecule has 2 aliphatic heterocycles. The first-order valence-electron chi connectivity index (χ1n) is 24.8. The summed E-state index contributed by atoms with van der Waals surface area (Å²) >= 11 is 1.82. The Morgan fingerprint density at radius 1 is 0.652 bits per heavy atom. The van der Waals surface area contributed by atoms with Gasteiger partial charge < -0.3 is 10.2 Å². The summed E-state index contributed by atoms with van der Waals surface area (Å²) < 4.78 is 0. The van der Waals surface area contributed by atoms with Crippen molar-refractivity contribution in [2.45, 2.75) is 70.3 Å². The maximum Gasteiger partial charge on any atom is 0.104 e. The van der Waals surface area contributed by atoms with Gasteiger partial charge in [0.1, 0.15) is 5.69 Å². The van der Waals surface area contributed by atoms with E-state index in [-0.39, 0.29) is 11.5 Å². The van der Waals surface area contributed by atoms with E-state index in [0.717, 1.165) is 29.1 Å². The highest BCUT2D eigenvalue weighted by Crippen LogP contribution is 2.56. The number of aliphatic imine (C=N–C) groups is 1. The fourth-order valence-corrected chi connectivity index (χ4v) is 13.3. The topological polar surface area (TPSA) is 27.6 Å². The molecule has 1 aromatic heterocycles. The predicted molar refractivity (Wildman–Crippen MR) is 294 cm³/mol. The van der Waals surface area contributed by atoms with Crippen LogP contribution in [0.1, 0.15) is 98.7 Å². The number of hydrogen-bond acceptors (Lipinski definition) is 4. The number of nitrogens with one attached hydrogen (secondary N) is 1. The Labute approximate surface area is 412 Å². The molecule has 0 spiro atoms. The summed E-state index contributed by atoms with van der Waals surface area (Å²) in [4.78, 5) is 9.96. The smallest absolute Gasteiger partial charge is 0.104 e. The molecule has 0 amide bonds. The van der Waals surface area contributed by atoms with Gasteiger partial charge in [0.05, 0.1) is 33.4 Å². The third-order valence-electron chi connectivity index (χ3n) is 15.8. The van der Waals surface area contributed by atoms with Gasteiger partial charge in [-0.25, -0.2) is 0 Å². The Kier molecular flexibility index (Phi) is 10.6. The molecule has 0 saturated carbocycles. The zero-order valence-corrected chi connectivity index (χ0v) is 40.9. The third-order valence-corrected chi connectivity index (χ3v) is 17.0. The normalized spacial score (nSPS) is 17.1. The van der Waals surface area contributed by atoms with Crippen LogP contribution in [0.25, 0.3) is 33.7 Å². The minimum atomic E-state index is -0.514. The number of allylic oxidation sites excluding steroid dienone is 2. The highest BCUT2D eigenvalue weighted by atomic mass is 32.1. The second-order valence-corrected chi connectivity index (χ2v) is 20.6. The van der Waals surface area contributed by atoms with Crippen LogP contribution < -0.4 is 10.2 Å². The minimum Gasteiger partial charge on any atom is -0.377 e. The first-order chi connectivity index (χ1) is 33.8. The monoisotopic (exact) mass is 911 g/mol. The Morgan fingerprint density at radius 2 is 1.23 bits per heavy atom. The van der Waals surface area contributed by atoms with Crippen molar-refractivity contribution in [1.82, 2.24) is 0 Å². The summed E-state index contributed by atoms with van der Waals surface area (Å²) in [7, 11) is 0. The molecule has 0 radical (unpaired) electrons. The summed E-state index contributed by atoms with van der Waals surface area (Å²) in [6.07, 6.45) is 17.8. The van der Waals surface area contributed by atoms with Crippen molar-refractivity contribution in [2.75, 3.05) is 16.8 Å². The summed E-state index contributed by atoms with van der Waals surface area (Å²) in [6.45, 7) is 12.0. The molecule has 8 aromatic rings. The van der Waals surface area contributed by atoms with E-state index >= 15 is 0 Å². The molecule has 338 valence electrons. The third kappa shape index (κ3) is 6.86. The van der Waals surface area contributed by atoms with Crippen LogP contribution in [0.15, 0.2) is 187 Å². The van der Waals surface area contributed by atoms with Crippen LogP contribution in [0, 0.1) is 20.8 Å². The Morgan fingerprint density at radius 3 is 1.87 bits per heavy atom. The van der Waals surface area contributed by atoms with Gasteiger partial charge in [-0.1, -0.05) is 200 Å². The van der Waals surface area contributed by atoms with Crippen LogP contribution >= 0.6 is 11.3 Å². The van der Waals surface area contributed by atoms with E-state index in [1.54, 1.807) is 0 Å². The molecular formula is C65H57N3S. The van der Waals surface area contributed by atoms with Crippen LogP contribution in [0.4, 0.5) is 22.7 Å². The first-order valence-corrected chi connectivity index (χ1v) is 25.6. The molecule has 2 aliphatic carbocycles. The lowest BCUT2D eigenvalue weighted by Crippen LogP contribution is -2.31. The molecule has 2 unspecified atom stereocenters. The number of anilines is 3. The first kappa shape index (κ1) is 43.0. The lowest BCUT2D eigenvalue weighted by Gasteiger charge is -2.37.